The Hall–Kier alpha value is -1.82. The number of hydrogen-bond donors (Lipinski definition) is 1. The molecule has 0 saturated carbocycles. The molecular formula is C11H15N5O. The minimum Gasteiger partial charge on any atom is -0.339 e. The van der Waals surface area contributed by atoms with E-state index in [4.69, 9.17) is 4.52 Å². The van der Waals surface area contributed by atoms with Gasteiger partial charge in [-0.25, -0.2) is 9.97 Å². The van der Waals surface area contributed by atoms with E-state index < -0.39 is 0 Å². The van der Waals surface area contributed by atoms with E-state index in [9.17, 15) is 0 Å². The van der Waals surface area contributed by atoms with E-state index in [0.29, 0.717) is 30.0 Å². The van der Waals surface area contributed by atoms with Crippen LogP contribution in [0.2, 0.25) is 0 Å². The van der Waals surface area contributed by atoms with E-state index in [1.54, 1.807) is 18.5 Å². The fourth-order valence-corrected chi connectivity index (χ4v) is 1.50. The van der Waals surface area contributed by atoms with Crippen LogP contribution in [0.5, 0.6) is 0 Å². The first-order valence-corrected chi connectivity index (χ1v) is 5.60. The average molecular weight is 233 g/mol. The Bertz CT molecular complexity index is 452. The number of nitrogens with one attached hydrogen (secondary N) is 1. The molecular weight excluding hydrogens is 218 g/mol. The van der Waals surface area contributed by atoms with Crippen molar-refractivity contribution in [1.82, 2.24) is 25.4 Å². The van der Waals surface area contributed by atoms with Crippen molar-refractivity contribution in [3.8, 4) is 11.6 Å². The first-order chi connectivity index (χ1) is 8.33. The lowest BCUT2D eigenvalue weighted by Gasteiger charge is -2.09. The van der Waals surface area contributed by atoms with Crippen molar-refractivity contribution < 1.29 is 4.52 Å². The van der Waals surface area contributed by atoms with Crippen LogP contribution in [-0.2, 0) is 6.42 Å². The summed E-state index contributed by atoms with van der Waals surface area (Å²) in [5.74, 6) is 1.53. The normalized spacial score (nSPS) is 12.6. The summed E-state index contributed by atoms with van der Waals surface area (Å²) in [4.78, 5) is 12.4. The fourth-order valence-electron chi connectivity index (χ4n) is 1.50. The largest absolute Gasteiger partial charge is 0.339 e. The molecule has 0 aliphatic heterocycles. The van der Waals surface area contributed by atoms with Crippen LogP contribution >= 0.6 is 0 Å². The Kier molecular flexibility index (Phi) is 3.77. The molecule has 6 heteroatoms. The van der Waals surface area contributed by atoms with Crippen molar-refractivity contribution in [2.45, 2.75) is 25.8 Å². The molecule has 1 unspecified atom stereocenters. The highest BCUT2D eigenvalue weighted by atomic mass is 16.5. The molecule has 2 aromatic heterocycles. The van der Waals surface area contributed by atoms with Crippen LogP contribution in [0.25, 0.3) is 11.6 Å². The minimum absolute atomic E-state index is 0.347. The third kappa shape index (κ3) is 2.85. The monoisotopic (exact) mass is 233 g/mol. The molecule has 0 aliphatic rings. The zero-order chi connectivity index (χ0) is 12.1. The van der Waals surface area contributed by atoms with Gasteiger partial charge in [0.2, 0.25) is 17.5 Å². The minimum atomic E-state index is 0.347. The maximum atomic E-state index is 5.17. The molecule has 90 valence electrons. The lowest BCUT2D eigenvalue weighted by atomic mass is 10.1. The SMILES string of the molecule is CCC(Cc1nc(-c2ncccn2)no1)NC. The van der Waals surface area contributed by atoms with Crippen molar-refractivity contribution in [3.63, 3.8) is 0 Å². The van der Waals surface area contributed by atoms with Crippen molar-refractivity contribution in [2.75, 3.05) is 7.05 Å². The first-order valence-electron chi connectivity index (χ1n) is 5.60. The fraction of sp³-hybridized carbons (Fsp3) is 0.455. The predicted octanol–water partition coefficient (Wildman–Crippen LogP) is 1.07. The smallest absolute Gasteiger partial charge is 0.240 e. The van der Waals surface area contributed by atoms with Gasteiger partial charge >= 0.3 is 0 Å². The number of hydrogen-bond acceptors (Lipinski definition) is 6. The highest BCUT2D eigenvalue weighted by Gasteiger charge is 2.13. The quantitative estimate of drug-likeness (QED) is 0.832. The van der Waals surface area contributed by atoms with Crippen molar-refractivity contribution in [3.05, 3.63) is 24.4 Å². The van der Waals surface area contributed by atoms with Crippen molar-refractivity contribution in [1.29, 1.82) is 0 Å². The maximum absolute atomic E-state index is 5.17. The molecule has 0 spiro atoms. The van der Waals surface area contributed by atoms with Gasteiger partial charge in [0.05, 0.1) is 0 Å². The highest BCUT2D eigenvalue weighted by molar-refractivity contribution is 5.40. The van der Waals surface area contributed by atoms with Crippen LogP contribution in [0.1, 0.15) is 19.2 Å². The summed E-state index contributed by atoms with van der Waals surface area (Å²) in [7, 11) is 1.92. The zero-order valence-corrected chi connectivity index (χ0v) is 9.92. The molecule has 0 aliphatic carbocycles. The van der Waals surface area contributed by atoms with E-state index in [2.05, 4.69) is 32.3 Å². The summed E-state index contributed by atoms with van der Waals surface area (Å²) in [6.07, 6.45) is 5.03. The third-order valence-electron chi connectivity index (χ3n) is 2.56. The van der Waals surface area contributed by atoms with Gasteiger partial charge in [0, 0.05) is 24.9 Å². The van der Waals surface area contributed by atoms with Gasteiger partial charge in [-0.2, -0.15) is 4.98 Å². The Balaban J connectivity index is 2.11. The maximum Gasteiger partial charge on any atom is 0.240 e. The van der Waals surface area contributed by atoms with Crippen LogP contribution in [0, 0.1) is 0 Å². The van der Waals surface area contributed by atoms with Crippen LogP contribution in [-0.4, -0.2) is 33.2 Å². The number of likely N-dealkylation sites (N-methyl/N-ethyl adjacent to an activating group) is 1. The molecule has 1 N–H and O–H groups in total. The predicted molar refractivity (Wildman–Crippen MR) is 62.2 cm³/mol. The summed E-state index contributed by atoms with van der Waals surface area (Å²) in [6, 6.07) is 2.10. The molecule has 2 aromatic rings. The second kappa shape index (κ2) is 5.49. The van der Waals surface area contributed by atoms with E-state index in [0.717, 1.165) is 6.42 Å². The molecule has 0 fully saturated rings. The van der Waals surface area contributed by atoms with Crippen molar-refractivity contribution in [2.24, 2.45) is 0 Å². The standard InChI is InChI=1S/C11H15N5O/c1-3-8(12-2)7-9-15-11(16-17-9)10-13-5-4-6-14-10/h4-6,8,12H,3,7H2,1-2H3. The third-order valence-corrected chi connectivity index (χ3v) is 2.56. The van der Waals surface area contributed by atoms with Crippen LogP contribution < -0.4 is 5.32 Å². The Labute approximate surface area is 99.5 Å². The molecule has 2 rings (SSSR count). The number of aromatic nitrogens is 4. The van der Waals surface area contributed by atoms with Gasteiger partial charge in [-0.15, -0.1) is 0 Å². The van der Waals surface area contributed by atoms with Crippen LogP contribution in [0.3, 0.4) is 0 Å². The van der Waals surface area contributed by atoms with Gasteiger partial charge in [0.25, 0.3) is 0 Å². The lowest BCUT2D eigenvalue weighted by Crippen LogP contribution is -2.26. The topological polar surface area (TPSA) is 76.7 Å². The second-order valence-corrected chi connectivity index (χ2v) is 3.68. The Morgan fingerprint density at radius 2 is 2.06 bits per heavy atom. The summed E-state index contributed by atoms with van der Waals surface area (Å²) < 4.78 is 5.17. The summed E-state index contributed by atoms with van der Waals surface area (Å²) in [6.45, 7) is 2.11. The van der Waals surface area contributed by atoms with E-state index in [1.807, 2.05) is 7.05 Å². The van der Waals surface area contributed by atoms with Gasteiger partial charge in [-0.1, -0.05) is 12.1 Å². The van der Waals surface area contributed by atoms with Gasteiger partial charge < -0.3 is 9.84 Å². The Morgan fingerprint density at radius 3 is 2.71 bits per heavy atom. The zero-order valence-electron chi connectivity index (χ0n) is 9.92. The van der Waals surface area contributed by atoms with E-state index >= 15 is 0 Å². The highest BCUT2D eigenvalue weighted by Crippen LogP contribution is 2.10. The molecule has 2 heterocycles. The first kappa shape index (κ1) is 11.7. The summed E-state index contributed by atoms with van der Waals surface area (Å²) >= 11 is 0. The molecule has 0 bridgehead atoms. The number of nitrogens with zero attached hydrogens (tertiary/aromatic N) is 4. The second-order valence-electron chi connectivity index (χ2n) is 3.68. The van der Waals surface area contributed by atoms with Gasteiger partial charge in [0.1, 0.15) is 0 Å². The lowest BCUT2D eigenvalue weighted by molar-refractivity contribution is 0.359. The average Bonchev–Trinajstić information content (AvgIpc) is 2.85. The van der Waals surface area contributed by atoms with Gasteiger partial charge in [-0.3, -0.25) is 0 Å². The van der Waals surface area contributed by atoms with Crippen molar-refractivity contribution >= 4 is 0 Å². The summed E-state index contributed by atoms with van der Waals surface area (Å²) in [5, 5.41) is 7.06. The molecule has 1 atom stereocenters. The molecule has 17 heavy (non-hydrogen) atoms. The molecule has 0 saturated heterocycles. The summed E-state index contributed by atoms with van der Waals surface area (Å²) in [5.41, 5.74) is 0. The van der Waals surface area contributed by atoms with E-state index in [1.165, 1.54) is 0 Å². The molecule has 0 amide bonds. The van der Waals surface area contributed by atoms with Crippen LogP contribution in [0.15, 0.2) is 23.0 Å². The molecule has 0 radical (unpaired) electrons. The molecule has 0 aromatic carbocycles. The number of rotatable bonds is 5. The van der Waals surface area contributed by atoms with Crippen LogP contribution in [0.4, 0.5) is 0 Å². The molecule has 6 nitrogen and oxygen atoms in total. The Morgan fingerprint density at radius 1 is 1.29 bits per heavy atom. The van der Waals surface area contributed by atoms with Gasteiger partial charge in [-0.05, 0) is 19.5 Å². The van der Waals surface area contributed by atoms with Gasteiger partial charge in [0.15, 0.2) is 0 Å². The van der Waals surface area contributed by atoms with E-state index in [-0.39, 0.29) is 0 Å².